The number of aryl methyl sites for hydroxylation is 1. The number of nitrogens with zero attached hydrogens (tertiary/aromatic N) is 3. The summed E-state index contributed by atoms with van der Waals surface area (Å²) in [5, 5.41) is 11.6. The van der Waals surface area contributed by atoms with Crippen LogP contribution in [0.25, 0.3) is 5.65 Å². The molecule has 106 valence electrons. The highest BCUT2D eigenvalue weighted by Crippen LogP contribution is 2.25. The average molecular weight is 321 g/mol. The molecule has 0 bridgehead atoms. The summed E-state index contributed by atoms with van der Waals surface area (Å²) in [7, 11) is 0. The summed E-state index contributed by atoms with van der Waals surface area (Å²) >= 11 is 11.9. The second-order valence-corrected chi connectivity index (χ2v) is 5.31. The molecule has 21 heavy (non-hydrogen) atoms. The molecule has 0 saturated heterocycles. The van der Waals surface area contributed by atoms with E-state index in [0.29, 0.717) is 26.9 Å². The number of hydrogen-bond donors (Lipinski definition) is 1. The molecule has 5 nitrogen and oxygen atoms in total. The van der Waals surface area contributed by atoms with Crippen LogP contribution in [0.1, 0.15) is 16.2 Å². The summed E-state index contributed by atoms with van der Waals surface area (Å²) in [6.45, 7) is 1.84. The number of amides is 1. The summed E-state index contributed by atoms with van der Waals surface area (Å²) in [6, 6.07) is 8.24. The van der Waals surface area contributed by atoms with Gasteiger partial charge in [-0.15, -0.1) is 10.2 Å². The molecular weight excluding hydrogens is 311 g/mol. The Labute approximate surface area is 130 Å². The molecule has 7 heteroatoms. The van der Waals surface area contributed by atoms with E-state index in [1.54, 1.807) is 40.9 Å². The smallest absolute Gasteiger partial charge is 0.255 e. The minimum atomic E-state index is -0.290. The monoisotopic (exact) mass is 320 g/mol. The molecule has 0 radical (unpaired) electrons. The minimum absolute atomic E-state index is 0.290. The number of benzene rings is 1. The summed E-state index contributed by atoms with van der Waals surface area (Å²) in [5.74, 6) is 0.470. The Morgan fingerprint density at radius 1 is 1.19 bits per heavy atom. The number of nitrogens with one attached hydrogen (secondary N) is 1. The van der Waals surface area contributed by atoms with E-state index in [9.17, 15) is 4.79 Å². The minimum Gasteiger partial charge on any atom is -0.321 e. The van der Waals surface area contributed by atoms with Crippen molar-refractivity contribution in [2.45, 2.75) is 6.92 Å². The predicted octanol–water partition coefficient (Wildman–Crippen LogP) is 3.60. The fourth-order valence-electron chi connectivity index (χ4n) is 1.94. The predicted molar refractivity (Wildman–Crippen MR) is 82.1 cm³/mol. The van der Waals surface area contributed by atoms with E-state index in [0.717, 1.165) is 5.82 Å². The lowest BCUT2D eigenvalue weighted by Crippen LogP contribution is -2.12. The molecular formula is C14H10Cl2N4O. The zero-order valence-electron chi connectivity index (χ0n) is 11.0. The Bertz CT molecular complexity index is 844. The molecule has 0 fully saturated rings. The van der Waals surface area contributed by atoms with Crippen molar-refractivity contribution in [3.05, 3.63) is 58.0 Å². The maximum atomic E-state index is 12.3. The van der Waals surface area contributed by atoms with Gasteiger partial charge < -0.3 is 5.32 Å². The standard InChI is InChI=1S/C14H10Cl2N4O/c1-8-18-19-13-6-9(4-5-20(8)13)14(21)17-12-7-10(15)2-3-11(12)16/h2-7H,1H3,(H,17,21). The molecule has 2 aromatic heterocycles. The number of rotatable bonds is 2. The quantitative estimate of drug-likeness (QED) is 0.784. The van der Waals surface area contributed by atoms with Crippen LogP contribution < -0.4 is 5.32 Å². The van der Waals surface area contributed by atoms with Crippen LogP contribution in [0.2, 0.25) is 10.0 Å². The summed E-state index contributed by atoms with van der Waals surface area (Å²) in [4.78, 5) is 12.3. The number of hydrogen-bond acceptors (Lipinski definition) is 3. The van der Waals surface area contributed by atoms with Crippen LogP contribution in [0, 0.1) is 6.92 Å². The van der Waals surface area contributed by atoms with Crippen LogP contribution in [0.15, 0.2) is 36.5 Å². The van der Waals surface area contributed by atoms with Crippen molar-refractivity contribution in [3.8, 4) is 0 Å². The van der Waals surface area contributed by atoms with Gasteiger partial charge in [0, 0.05) is 16.8 Å². The number of carbonyl (C=O) groups is 1. The van der Waals surface area contributed by atoms with Gasteiger partial charge >= 0.3 is 0 Å². The van der Waals surface area contributed by atoms with E-state index in [4.69, 9.17) is 23.2 Å². The highest BCUT2D eigenvalue weighted by molar-refractivity contribution is 6.35. The van der Waals surface area contributed by atoms with Crippen LogP contribution in [-0.4, -0.2) is 20.5 Å². The van der Waals surface area contributed by atoms with Gasteiger partial charge in [0.25, 0.3) is 5.91 Å². The van der Waals surface area contributed by atoms with Crippen molar-refractivity contribution in [1.29, 1.82) is 0 Å². The Morgan fingerprint density at radius 3 is 2.81 bits per heavy atom. The van der Waals surface area contributed by atoms with Gasteiger partial charge in [0.15, 0.2) is 5.65 Å². The first-order valence-corrected chi connectivity index (χ1v) is 6.88. The van der Waals surface area contributed by atoms with Crippen molar-refractivity contribution >= 4 is 40.4 Å². The van der Waals surface area contributed by atoms with E-state index in [-0.39, 0.29) is 5.91 Å². The lowest BCUT2D eigenvalue weighted by atomic mass is 10.2. The van der Waals surface area contributed by atoms with Gasteiger partial charge in [0.1, 0.15) is 5.82 Å². The molecule has 0 spiro atoms. The molecule has 0 atom stereocenters. The Balaban J connectivity index is 1.91. The van der Waals surface area contributed by atoms with E-state index in [2.05, 4.69) is 15.5 Å². The van der Waals surface area contributed by atoms with Crippen LogP contribution in [0.4, 0.5) is 5.69 Å². The molecule has 1 N–H and O–H groups in total. The molecule has 1 amide bonds. The first-order chi connectivity index (χ1) is 10.0. The normalized spacial score (nSPS) is 10.8. The number of fused-ring (bicyclic) bond motifs is 1. The van der Waals surface area contributed by atoms with Crippen molar-refractivity contribution in [2.24, 2.45) is 0 Å². The zero-order valence-corrected chi connectivity index (χ0v) is 12.5. The number of aromatic nitrogens is 3. The SMILES string of the molecule is Cc1nnc2cc(C(=O)Nc3cc(Cl)ccc3Cl)ccn12. The molecule has 0 aliphatic rings. The molecule has 0 aliphatic carbocycles. The molecule has 3 rings (SSSR count). The number of pyridine rings is 1. The fraction of sp³-hybridized carbons (Fsp3) is 0.0714. The fourth-order valence-corrected chi connectivity index (χ4v) is 2.28. The van der Waals surface area contributed by atoms with Crippen molar-refractivity contribution in [2.75, 3.05) is 5.32 Å². The van der Waals surface area contributed by atoms with Crippen LogP contribution in [0.3, 0.4) is 0 Å². The second-order valence-electron chi connectivity index (χ2n) is 4.47. The summed E-state index contributed by atoms with van der Waals surface area (Å²) < 4.78 is 1.79. The Morgan fingerprint density at radius 2 is 2.00 bits per heavy atom. The van der Waals surface area contributed by atoms with Crippen LogP contribution in [0.5, 0.6) is 0 Å². The van der Waals surface area contributed by atoms with Gasteiger partial charge in [-0.05, 0) is 37.3 Å². The maximum Gasteiger partial charge on any atom is 0.255 e. The number of carbonyl (C=O) groups excluding carboxylic acids is 1. The van der Waals surface area contributed by atoms with Gasteiger partial charge in [-0.3, -0.25) is 9.20 Å². The average Bonchev–Trinajstić information content (AvgIpc) is 2.84. The molecule has 0 saturated carbocycles. The van der Waals surface area contributed by atoms with Gasteiger partial charge in [0.05, 0.1) is 10.7 Å². The molecule has 0 unspecified atom stereocenters. The van der Waals surface area contributed by atoms with E-state index in [1.807, 2.05) is 6.92 Å². The Hall–Kier alpha value is -2.11. The van der Waals surface area contributed by atoms with E-state index >= 15 is 0 Å². The van der Waals surface area contributed by atoms with Gasteiger partial charge in [0.2, 0.25) is 0 Å². The van der Waals surface area contributed by atoms with Crippen molar-refractivity contribution in [1.82, 2.24) is 14.6 Å². The van der Waals surface area contributed by atoms with Gasteiger partial charge in [-0.1, -0.05) is 23.2 Å². The largest absolute Gasteiger partial charge is 0.321 e. The third kappa shape index (κ3) is 2.70. The van der Waals surface area contributed by atoms with Crippen LogP contribution in [-0.2, 0) is 0 Å². The first kappa shape index (κ1) is 13.9. The lowest BCUT2D eigenvalue weighted by molar-refractivity contribution is 0.102. The topological polar surface area (TPSA) is 59.3 Å². The van der Waals surface area contributed by atoms with Crippen molar-refractivity contribution < 1.29 is 4.79 Å². The highest BCUT2D eigenvalue weighted by Gasteiger charge is 2.11. The Kier molecular flexibility index (Phi) is 3.53. The van der Waals surface area contributed by atoms with E-state index in [1.165, 1.54) is 0 Å². The summed E-state index contributed by atoms with van der Waals surface area (Å²) in [6.07, 6.45) is 1.75. The second kappa shape index (κ2) is 5.35. The number of anilines is 1. The molecule has 1 aromatic carbocycles. The third-order valence-electron chi connectivity index (χ3n) is 3.02. The highest BCUT2D eigenvalue weighted by atomic mass is 35.5. The first-order valence-electron chi connectivity index (χ1n) is 6.12. The van der Waals surface area contributed by atoms with Gasteiger partial charge in [-0.2, -0.15) is 0 Å². The molecule has 3 aromatic rings. The van der Waals surface area contributed by atoms with Gasteiger partial charge in [-0.25, -0.2) is 0 Å². The maximum absolute atomic E-state index is 12.3. The van der Waals surface area contributed by atoms with E-state index < -0.39 is 0 Å². The zero-order chi connectivity index (χ0) is 15.0. The van der Waals surface area contributed by atoms with Crippen LogP contribution >= 0.6 is 23.2 Å². The third-order valence-corrected chi connectivity index (χ3v) is 3.58. The molecule has 0 aliphatic heterocycles. The lowest BCUT2D eigenvalue weighted by Gasteiger charge is -2.08. The molecule has 2 heterocycles. The van der Waals surface area contributed by atoms with Crippen molar-refractivity contribution in [3.63, 3.8) is 0 Å². The number of halogens is 2. The summed E-state index contributed by atoms with van der Waals surface area (Å²) in [5.41, 5.74) is 1.54.